The van der Waals surface area contributed by atoms with E-state index >= 15 is 0 Å². The summed E-state index contributed by atoms with van der Waals surface area (Å²) in [5, 5.41) is 7.82. The fourth-order valence-corrected chi connectivity index (χ4v) is 4.62. The highest BCUT2D eigenvalue weighted by molar-refractivity contribution is 5.95. The van der Waals surface area contributed by atoms with Crippen LogP contribution in [0, 0.1) is 0 Å². The highest BCUT2D eigenvalue weighted by Crippen LogP contribution is 2.26. The average Bonchev–Trinajstić information content (AvgIpc) is 3.38. The second kappa shape index (κ2) is 13.4. The zero-order valence-corrected chi connectivity index (χ0v) is 22.2. The van der Waals surface area contributed by atoms with Gasteiger partial charge in [-0.3, -0.25) is 9.59 Å². The highest BCUT2D eigenvalue weighted by Gasteiger charge is 2.26. The number of unbranched alkanes of at least 4 members (excludes halogenated alkanes) is 2. The minimum atomic E-state index is -0.273. The van der Waals surface area contributed by atoms with Crippen molar-refractivity contribution in [3.05, 3.63) is 103 Å². The van der Waals surface area contributed by atoms with Gasteiger partial charge in [-0.15, -0.1) is 0 Å². The number of hydrogen-bond donors (Lipinski definition) is 1. The summed E-state index contributed by atoms with van der Waals surface area (Å²) < 4.78 is 1.74. The molecule has 0 saturated heterocycles. The summed E-state index contributed by atoms with van der Waals surface area (Å²) in [4.78, 5) is 28.8. The number of carbonyl (C=O) groups is 2. The number of carbonyl (C=O) groups excluding carboxylic acids is 2. The number of benzene rings is 3. The average molecular weight is 509 g/mol. The predicted octanol–water partition coefficient (Wildman–Crippen LogP) is 6.69. The molecule has 0 fully saturated rings. The Morgan fingerprint density at radius 1 is 0.868 bits per heavy atom. The summed E-state index contributed by atoms with van der Waals surface area (Å²) >= 11 is 0. The van der Waals surface area contributed by atoms with Crippen molar-refractivity contribution >= 4 is 17.6 Å². The molecule has 1 aromatic heterocycles. The largest absolute Gasteiger partial charge is 0.333 e. The highest BCUT2D eigenvalue weighted by atomic mass is 16.2. The fraction of sp³-hybridized carbons (Fsp3) is 0.281. The first-order chi connectivity index (χ1) is 18.6. The number of nitrogens with zero attached hydrogens (tertiary/aromatic N) is 3. The van der Waals surface area contributed by atoms with Gasteiger partial charge in [-0.05, 0) is 30.5 Å². The summed E-state index contributed by atoms with van der Waals surface area (Å²) in [6.07, 6.45) is 3.59. The van der Waals surface area contributed by atoms with Crippen molar-refractivity contribution in [2.45, 2.75) is 45.4 Å². The van der Waals surface area contributed by atoms with Gasteiger partial charge in [0.2, 0.25) is 11.8 Å². The van der Waals surface area contributed by atoms with Crippen molar-refractivity contribution < 1.29 is 9.59 Å². The third kappa shape index (κ3) is 6.76. The number of hydrogen-bond acceptors (Lipinski definition) is 3. The van der Waals surface area contributed by atoms with Gasteiger partial charge in [0.15, 0.2) is 0 Å². The minimum Gasteiger partial charge on any atom is -0.333 e. The van der Waals surface area contributed by atoms with Crippen molar-refractivity contribution in [1.82, 2.24) is 14.7 Å². The fourth-order valence-electron chi connectivity index (χ4n) is 4.62. The second-order valence-electron chi connectivity index (χ2n) is 9.41. The summed E-state index contributed by atoms with van der Waals surface area (Å²) in [5.74, 6) is 0.0437. The van der Waals surface area contributed by atoms with Crippen LogP contribution in [0.15, 0.2) is 97.1 Å². The van der Waals surface area contributed by atoms with Crippen LogP contribution in [0.25, 0.3) is 16.9 Å². The monoisotopic (exact) mass is 508 g/mol. The van der Waals surface area contributed by atoms with Crippen LogP contribution in [0.5, 0.6) is 0 Å². The second-order valence-corrected chi connectivity index (χ2v) is 9.41. The van der Waals surface area contributed by atoms with Crippen LogP contribution < -0.4 is 5.32 Å². The van der Waals surface area contributed by atoms with Crippen LogP contribution >= 0.6 is 0 Å². The Hall–Kier alpha value is -4.19. The molecule has 0 bridgehead atoms. The van der Waals surface area contributed by atoms with Crippen LogP contribution in [0.1, 0.15) is 51.0 Å². The van der Waals surface area contributed by atoms with Crippen LogP contribution in [0.3, 0.4) is 0 Å². The maximum absolute atomic E-state index is 13.7. The number of aromatic nitrogens is 2. The number of anilines is 1. The molecular weight excluding hydrogens is 472 g/mol. The van der Waals surface area contributed by atoms with Crippen LogP contribution in [0.4, 0.5) is 5.82 Å². The lowest BCUT2D eigenvalue weighted by molar-refractivity contribution is -0.136. The Morgan fingerprint density at radius 2 is 1.50 bits per heavy atom. The van der Waals surface area contributed by atoms with Gasteiger partial charge in [-0.25, -0.2) is 4.68 Å². The third-order valence-electron chi connectivity index (χ3n) is 6.63. The first-order valence-corrected chi connectivity index (χ1v) is 13.4. The molecule has 4 aromatic rings. The Labute approximate surface area is 225 Å². The van der Waals surface area contributed by atoms with E-state index in [2.05, 4.69) is 12.2 Å². The van der Waals surface area contributed by atoms with Crippen LogP contribution in [0.2, 0.25) is 0 Å². The molecule has 2 amide bonds. The third-order valence-corrected chi connectivity index (χ3v) is 6.63. The van der Waals surface area contributed by atoms with Crippen LogP contribution in [-0.4, -0.2) is 39.6 Å². The van der Waals surface area contributed by atoms with E-state index in [1.807, 2.05) is 104 Å². The molecule has 0 aliphatic carbocycles. The van der Waals surface area contributed by atoms with E-state index in [0.29, 0.717) is 18.8 Å². The summed E-state index contributed by atoms with van der Waals surface area (Å²) in [5.41, 5.74) is 3.55. The van der Waals surface area contributed by atoms with Crippen molar-refractivity contribution in [3.63, 3.8) is 0 Å². The van der Waals surface area contributed by atoms with Gasteiger partial charge in [-0.1, -0.05) is 106 Å². The van der Waals surface area contributed by atoms with Gasteiger partial charge >= 0.3 is 0 Å². The molecule has 0 aliphatic heterocycles. The van der Waals surface area contributed by atoms with E-state index in [4.69, 9.17) is 5.10 Å². The van der Waals surface area contributed by atoms with Gasteiger partial charge in [0.25, 0.3) is 0 Å². The topological polar surface area (TPSA) is 67.2 Å². The molecule has 6 heteroatoms. The molecule has 0 spiro atoms. The van der Waals surface area contributed by atoms with Gasteiger partial charge in [0, 0.05) is 18.2 Å². The Kier molecular flexibility index (Phi) is 9.46. The van der Waals surface area contributed by atoms with Gasteiger partial charge in [0.05, 0.1) is 23.8 Å². The van der Waals surface area contributed by atoms with E-state index in [1.165, 1.54) is 0 Å². The minimum absolute atomic E-state index is 0.00742. The normalized spacial score (nSPS) is 11.6. The van der Waals surface area contributed by atoms with E-state index in [-0.39, 0.29) is 24.3 Å². The van der Waals surface area contributed by atoms with E-state index in [0.717, 1.165) is 41.8 Å². The lowest BCUT2D eigenvalue weighted by atomic mass is 9.95. The summed E-state index contributed by atoms with van der Waals surface area (Å²) in [6, 6.07) is 31.3. The predicted molar refractivity (Wildman–Crippen MR) is 153 cm³/mol. The molecule has 38 heavy (non-hydrogen) atoms. The van der Waals surface area contributed by atoms with Gasteiger partial charge in [0.1, 0.15) is 5.82 Å². The SMILES string of the molecule is CCCCCN(CC(=O)Nc1cc(-c2ccccc2)nn1-c1ccccc1)C(=O)C(CC)c1ccccc1. The Balaban J connectivity index is 1.57. The molecule has 1 N–H and O–H groups in total. The molecule has 1 unspecified atom stereocenters. The molecule has 0 saturated carbocycles. The first kappa shape index (κ1) is 26.9. The molecule has 4 rings (SSSR count). The van der Waals surface area contributed by atoms with Crippen LogP contribution in [-0.2, 0) is 9.59 Å². The lowest BCUT2D eigenvalue weighted by Crippen LogP contribution is -2.41. The quantitative estimate of drug-likeness (QED) is 0.217. The first-order valence-electron chi connectivity index (χ1n) is 13.4. The van der Waals surface area contributed by atoms with Gasteiger partial charge in [-0.2, -0.15) is 5.10 Å². The van der Waals surface area contributed by atoms with Crippen molar-refractivity contribution in [2.24, 2.45) is 0 Å². The van der Waals surface area contributed by atoms with Crippen molar-refractivity contribution in [1.29, 1.82) is 0 Å². The zero-order valence-electron chi connectivity index (χ0n) is 22.2. The maximum atomic E-state index is 13.7. The molecule has 6 nitrogen and oxygen atoms in total. The molecule has 0 radical (unpaired) electrons. The van der Waals surface area contributed by atoms with E-state index < -0.39 is 0 Å². The Bertz CT molecular complexity index is 1300. The number of amides is 2. The number of para-hydroxylation sites is 1. The molecule has 196 valence electrons. The molecular formula is C32H36N4O2. The van der Waals surface area contributed by atoms with Crippen molar-refractivity contribution in [3.8, 4) is 16.9 Å². The van der Waals surface area contributed by atoms with Crippen molar-refractivity contribution in [2.75, 3.05) is 18.4 Å². The molecule has 0 aliphatic rings. The zero-order chi connectivity index (χ0) is 26.7. The summed E-state index contributed by atoms with van der Waals surface area (Å²) in [6.45, 7) is 4.69. The molecule has 1 atom stereocenters. The number of rotatable bonds is 12. The van der Waals surface area contributed by atoms with E-state index in [1.54, 1.807) is 9.58 Å². The molecule has 3 aromatic carbocycles. The van der Waals surface area contributed by atoms with Gasteiger partial charge < -0.3 is 10.2 Å². The number of nitrogens with one attached hydrogen (secondary N) is 1. The smallest absolute Gasteiger partial charge is 0.245 e. The summed E-state index contributed by atoms with van der Waals surface area (Å²) in [7, 11) is 0. The standard InChI is InChI=1S/C32H36N4O2/c1-3-5-15-22-35(32(38)28(4-2)25-16-9-6-10-17-25)24-31(37)33-30-23-29(26-18-11-7-12-19-26)34-36(30)27-20-13-8-14-21-27/h6-14,16-21,23,28H,3-5,15,22,24H2,1-2H3,(H,33,37). The lowest BCUT2D eigenvalue weighted by Gasteiger charge is -2.27. The Morgan fingerprint density at radius 3 is 2.13 bits per heavy atom. The molecule has 1 heterocycles. The maximum Gasteiger partial charge on any atom is 0.245 e. The van der Waals surface area contributed by atoms with E-state index in [9.17, 15) is 9.59 Å².